The summed E-state index contributed by atoms with van der Waals surface area (Å²) in [6.07, 6.45) is 6.34. The maximum Gasteiger partial charge on any atom is 0.152 e. The van der Waals surface area contributed by atoms with E-state index in [0.717, 1.165) is 5.76 Å². The molecule has 8 heavy (non-hydrogen) atoms. The van der Waals surface area contributed by atoms with Crippen LogP contribution in [0.25, 0.3) is 0 Å². The second kappa shape index (κ2) is 2.03. The summed E-state index contributed by atoms with van der Waals surface area (Å²) in [5.41, 5.74) is 0. The first-order chi connectivity index (χ1) is 3.84. The third-order valence-electron chi connectivity index (χ3n) is 1.11. The van der Waals surface area contributed by atoms with E-state index < -0.39 is 0 Å². The van der Waals surface area contributed by atoms with Crippen LogP contribution in [0.2, 0.25) is 0 Å². The van der Waals surface area contributed by atoms with E-state index in [2.05, 4.69) is 0 Å². The van der Waals surface area contributed by atoms with Crippen molar-refractivity contribution in [1.82, 2.24) is 0 Å². The zero-order valence-corrected chi connectivity index (χ0v) is 5.22. The Balaban J connectivity index is 2.36. The lowest BCUT2D eigenvalue weighted by molar-refractivity contribution is 0.445. The Labute approximate surface area is 49.7 Å². The molecule has 1 unspecified atom stereocenters. The topological polar surface area (TPSA) is 12.5 Å². The van der Waals surface area contributed by atoms with Gasteiger partial charge in [-0.3, -0.25) is 0 Å². The van der Waals surface area contributed by atoms with Gasteiger partial charge in [0.05, 0.1) is 0 Å². The summed E-state index contributed by atoms with van der Waals surface area (Å²) in [6, 6.07) is 0. The van der Waals surface area contributed by atoms with E-state index >= 15 is 0 Å². The molecule has 0 spiro atoms. The molecule has 1 heteroatoms. The first-order valence-corrected chi connectivity index (χ1v) is 2.84. The van der Waals surface area contributed by atoms with Gasteiger partial charge in [-0.1, -0.05) is 12.2 Å². The van der Waals surface area contributed by atoms with Gasteiger partial charge in [-0.25, -0.2) is 0 Å². The molecule has 0 N–H and O–H groups in total. The van der Waals surface area contributed by atoms with Crippen LogP contribution in [0, 0.1) is 0 Å². The molecule has 0 bridgehead atoms. The van der Waals surface area contributed by atoms with E-state index in [1.807, 2.05) is 32.1 Å². The molecule has 1 saturated heterocycles. The van der Waals surface area contributed by atoms with Crippen molar-refractivity contribution in [3.8, 4) is 0 Å². The van der Waals surface area contributed by atoms with Gasteiger partial charge in [-0.05, 0) is 19.9 Å². The lowest BCUT2D eigenvalue weighted by atomic mass is 10.4. The van der Waals surface area contributed by atoms with Gasteiger partial charge in [0.15, 0.2) is 6.10 Å². The van der Waals surface area contributed by atoms with Crippen LogP contribution >= 0.6 is 0 Å². The van der Waals surface area contributed by atoms with Crippen molar-refractivity contribution in [2.75, 3.05) is 0 Å². The van der Waals surface area contributed by atoms with E-state index in [1.165, 1.54) is 0 Å². The summed E-state index contributed by atoms with van der Waals surface area (Å²) in [7, 11) is 0. The Morgan fingerprint density at radius 1 is 1.62 bits per heavy atom. The number of ether oxygens (including phenoxy) is 1. The van der Waals surface area contributed by atoms with Gasteiger partial charge in [0.25, 0.3) is 0 Å². The third kappa shape index (κ3) is 1.12. The first-order valence-electron chi connectivity index (χ1n) is 2.84. The van der Waals surface area contributed by atoms with Crippen molar-refractivity contribution in [3.05, 3.63) is 24.0 Å². The highest BCUT2D eigenvalue weighted by Gasteiger charge is 2.24. The number of hydrogen-bond acceptors (Lipinski definition) is 1. The number of hydrogen-bond donors (Lipinski definition) is 0. The zero-order valence-electron chi connectivity index (χ0n) is 5.22. The molecule has 1 aliphatic rings. The highest BCUT2D eigenvalue weighted by Crippen LogP contribution is 2.25. The molecule has 0 aromatic rings. The molecule has 1 aliphatic heterocycles. The van der Waals surface area contributed by atoms with Crippen molar-refractivity contribution >= 4 is 0 Å². The fourth-order valence-corrected chi connectivity index (χ4v) is 0.536. The van der Waals surface area contributed by atoms with Gasteiger partial charge < -0.3 is 4.74 Å². The molecule has 0 radical (unpaired) electrons. The van der Waals surface area contributed by atoms with Gasteiger partial charge in [-0.15, -0.1) is 0 Å². The molecule has 0 aliphatic carbocycles. The molecular weight excluding hydrogens is 100 g/mol. The second-order valence-electron chi connectivity index (χ2n) is 1.85. The summed E-state index contributed by atoms with van der Waals surface area (Å²) in [6.45, 7) is 4.03. The molecule has 1 rings (SSSR count). The lowest BCUT2D eigenvalue weighted by Crippen LogP contribution is -1.61. The molecule has 0 saturated carbocycles. The maximum atomic E-state index is 5.03. The average Bonchev–Trinajstić information content (AvgIpc) is 2.42. The second-order valence-corrected chi connectivity index (χ2v) is 1.85. The third-order valence-corrected chi connectivity index (χ3v) is 1.11. The van der Waals surface area contributed by atoms with Crippen LogP contribution in [0.1, 0.15) is 13.8 Å². The minimum absolute atomic E-state index is 0.381. The van der Waals surface area contributed by atoms with Gasteiger partial charge >= 0.3 is 0 Å². The molecule has 1 nitrogen and oxygen atoms in total. The lowest BCUT2D eigenvalue weighted by Gasteiger charge is -1.62. The Morgan fingerprint density at radius 3 is 2.62 bits per heavy atom. The van der Waals surface area contributed by atoms with Crippen molar-refractivity contribution in [3.63, 3.8) is 0 Å². The van der Waals surface area contributed by atoms with Crippen LogP contribution in [0.4, 0.5) is 0 Å². The molecule has 1 heterocycles. The summed E-state index contributed by atoms with van der Waals surface area (Å²) in [5.74, 6) is 1.10. The number of rotatable bonds is 1. The highest BCUT2D eigenvalue weighted by molar-refractivity contribution is 5.18. The standard InChI is InChI=1S/C7H10O/c1-3-4-5-7-6(2)8-7/h3-6H,1-2H3/b4-3-,7-5-. The predicted octanol–water partition coefficient (Wildman–Crippen LogP) is 1.87. The van der Waals surface area contributed by atoms with E-state index in [1.54, 1.807) is 0 Å². The Hall–Kier alpha value is -0.720. The van der Waals surface area contributed by atoms with E-state index in [9.17, 15) is 0 Å². The molecule has 0 aromatic carbocycles. The van der Waals surface area contributed by atoms with Crippen molar-refractivity contribution in [2.45, 2.75) is 20.0 Å². The van der Waals surface area contributed by atoms with Crippen LogP contribution in [0.3, 0.4) is 0 Å². The number of epoxide rings is 1. The highest BCUT2D eigenvalue weighted by atomic mass is 16.6. The fourth-order valence-electron chi connectivity index (χ4n) is 0.536. The van der Waals surface area contributed by atoms with Crippen molar-refractivity contribution in [2.24, 2.45) is 0 Å². The molecule has 1 fully saturated rings. The largest absolute Gasteiger partial charge is 0.483 e. The Kier molecular flexibility index (Phi) is 1.38. The number of allylic oxidation sites excluding steroid dienone is 3. The molecule has 0 amide bonds. The van der Waals surface area contributed by atoms with E-state index in [4.69, 9.17) is 4.74 Å². The van der Waals surface area contributed by atoms with Crippen LogP contribution in [0.5, 0.6) is 0 Å². The van der Waals surface area contributed by atoms with Crippen LogP contribution in [-0.2, 0) is 4.74 Å². The smallest absolute Gasteiger partial charge is 0.152 e. The van der Waals surface area contributed by atoms with E-state index in [0.29, 0.717) is 6.10 Å². The van der Waals surface area contributed by atoms with Crippen molar-refractivity contribution in [1.29, 1.82) is 0 Å². The normalized spacial score (nSPS) is 31.2. The monoisotopic (exact) mass is 110 g/mol. The predicted molar refractivity (Wildman–Crippen MR) is 33.4 cm³/mol. The Morgan fingerprint density at radius 2 is 2.25 bits per heavy atom. The first kappa shape index (κ1) is 5.42. The van der Waals surface area contributed by atoms with Gasteiger partial charge in [-0.2, -0.15) is 0 Å². The van der Waals surface area contributed by atoms with Crippen LogP contribution < -0.4 is 0 Å². The molecule has 0 aromatic heterocycles. The SMILES string of the molecule is C/C=C\C=C1/OC1C. The average molecular weight is 110 g/mol. The van der Waals surface area contributed by atoms with Gasteiger partial charge in [0.1, 0.15) is 5.76 Å². The van der Waals surface area contributed by atoms with Crippen LogP contribution in [0.15, 0.2) is 24.0 Å². The summed E-state index contributed by atoms with van der Waals surface area (Å²) in [5, 5.41) is 0. The zero-order chi connectivity index (χ0) is 5.98. The van der Waals surface area contributed by atoms with Crippen molar-refractivity contribution < 1.29 is 4.74 Å². The fraction of sp³-hybridized carbons (Fsp3) is 0.429. The minimum Gasteiger partial charge on any atom is -0.483 e. The molecule has 1 atom stereocenters. The Bertz CT molecular complexity index is 133. The maximum absolute atomic E-state index is 5.03. The quantitative estimate of drug-likeness (QED) is 0.469. The molecular formula is C7H10O. The van der Waals surface area contributed by atoms with Crippen LogP contribution in [-0.4, -0.2) is 6.10 Å². The van der Waals surface area contributed by atoms with Gasteiger partial charge in [0, 0.05) is 0 Å². The summed E-state index contributed by atoms with van der Waals surface area (Å²) in [4.78, 5) is 0. The van der Waals surface area contributed by atoms with Gasteiger partial charge in [0.2, 0.25) is 0 Å². The van der Waals surface area contributed by atoms with E-state index in [-0.39, 0.29) is 0 Å². The molecule has 44 valence electrons. The minimum atomic E-state index is 0.381. The summed E-state index contributed by atoms with van der Waals surface area (Å²) >= 11 is 0. The summed E-state index contributed by atoms with van der Waals surface area (Å²) < 4.78 is 5.03.